The highest BCUT2D eigenvalue weighted by Crippen LogP contribution is 2.10. The molecule has 2 N–H and O–H groups in total. The fourth-order valence-corrected chi connectivity index (χ4v) is 1.60. The summed E-state index contributed by atoms with van der Waals surface area (Å²) in [5, 5.41) is 4.38. The van der Waals surface area contributed by atoms with Crippen LogP contribution in [0.15, 0.2) is 22.9 Å². The lowest BCUT2D eigenvalue weighted by atomic mass is 10.2. The Bertz CT molecular complexity index is 437. The minimum absolute atomic E-state index is 0.699. The molecule has 14 heavy (non-hydrogen) atoms. The fraction of sp³-hybridized carbons (Fsp3) is 0.333. The van der Waals surface area contributed by atoms with Crippen molar-refractivity contribution in [2.45, 2.75) is 12.8 Å². The molecular weight excluding hydrogens is 244 g/mol. The van der Waals surface area contributed by atoms with Crippen LogP contribution in [-0.2, 0) is 6.42 Å². The van der Waals surface area contributed by atoms with Gasteiger partial charge in [-0.2, -0.15) is 5.10 Å². The maximum absolute atomic E-state index is 5.44. The molecular formula is C9H11BrN4. The molecule has 2 heterocycles. The monoisotopic (exact) mass is 254 g/mol. The first-order valence-corrected chi connectivity index (χ1v) is 5.29. The van der Waals surface area contributed by atoms with Gasteiger partial charge in [-0.25, -0.2) is 9.50 Å². The molecule has 0 unspecified atom stereocenters. The van der Waals surface area contributed by atoms with Gasteiger partial charge >= 0.3 is 0 Å². The van der Waals surface area contributed by atoms with Crippen LogP contribution in [0.25, 0.3) is 5.65 Å². The summed E-state index contributed by atoms with van der Waals surface area (Å²) in [6.45, 7) is 0.699. The average molecular weight is 255 g/mol. The normalized spacial score (nSPS) is 11.0. The Labute approximate surface area is 90.3 Å². The lowest BCUT2D eigenvalue weighted by Gasteiger charge is -1.92. The minimum atomic E-state index is 0.699. The minimum Gasteiger partial charge on any atom is -0.330 e. The van der Waals surface area contributed by atoms with E-state index < -0.39 is 0 Å². The molecule has 74 valence electrons. The van der Waals surface area contributed by atoms with E-state index in [4.69, 9.17) is 5.73 Å². The van der Waals surface area contributed by atoms with Gasteiger partial charge in [0.2, 0.25) is 0 Å². The molecule has 2 rings (SSSR count). The molecule has 0 spiro atoms. The summed E-state index contributed by atoms with van der Waals surface area (Å²) in [5.41, 5.74) is 7.35. The van der Waals surface area contributed by atoms with Crippen molar-refractivity contribution in [1.29, 1.82) is 0 Å². The Morgan fingerprint density at radius 2 is 2.36 bits per heavy atom. The van der Waals surface area contributed by atoms with Crippen molar-refractivity contribution in [3.05, 3.63) is 28.6 Å². The molecule has 0 radical (unpaired) electrons. The van der Waals surface area contributed by atoms with E-state index in [2.05, 4.69) is 26.0 Å². The first-order chi connectivity index (χ1) is 6.79. The van der Waals surface area contributed by atoms with Gasteiger partial charge in [0.25, 0.3) is 0 Å². The summed E-state index contributed by atoms with van der Waals surface area (Å²) < 4.78 is 2.70. The van der Waals surface area contributed by atoms with E-state index in [1.165, 1.54) is 0 Å². The Hall–Kier alpha value is -0.940. The van der Waals surface area contributed by atoms with Gasteiger partial charge in [-0.1, -0.05) is 0 Å². The van der Waals surface area contributed by atoms with E-state index in [0.29, 0.717) is 6.54 Å². The molecule has 0 aromatic carbocycles. The topological polar surface area (TPSA) is 56.2 Å². The summed E-state index contributed by atoms with van der Waals surface area (Å²) >= 11 is 3.35. The first kappa shape index (κ1) is 9.61. The summed E-state index contributed by atoms with van der Waals surface area (Å²) in [5.74, 6) is 0. The predicted octanol–water partition coefficient (Wildman–Crippen LogP) is 1.38. The van der Waals surface area contributed by atoms with Crippen molar-refractivity contribution in [1.82, 2.24) is 14.6 Å². The number of fused-ring (bicyclic) bond motifs is 1. The lowest BCUT2D eigenvalue weighted by molar-refractivity contribution is 0.787. The van der Waals surface area contributed by atoms with Crippen molar-refractivity contribution >= 4 is 21.6 Å². The smallest absolute Gasteiger partial charge is 0.155 e. The second kappa shape index (κ2) is 4.06. The summed E-state index contributed by atoms with van der Waals surface area (Å²) in [6.07, 6.45) is 5.54. The molecule has 0 aliphatic carbocycles. The molecule has 0 aliphatic rings. The maximum Gasteiger partial charge on any atom is 0.155 e. The van der Waals surface area contributed by atoms with Gasteiger partial charge < -0.3 is 5.73 Å². The standard InChI is InChI=1S/C9H11BrN4/c10-7-5-12-9-4-8(2-1-3-11)13-14(9)6-7/h4-6H,1-3,11H2. The van der Waals surface area contributed by atoms with Crippen molar-refractivity contribution in [3.63, 3.8) is 0 Å². The van der Waals surface area contributed by atoms with Crippen LogP contribution in [0.5, 0.6) is 0 Å². The molecule has 0 amide bonds. The first-order valence-electron chi connectivity index (χ1n) is 4.49. The highest BCUT2D eigenvalue weighted by molar-refractivity contribution is 9.10. The van der Waals surface area contributed by atoms with Gasteiger partial charge in [-0.05, 0) is 35.3 Å². The largest absolute Gasteiger partial charge is 0.330 e. The number of nitrogens with two attached hydrogens (primary N) is 1. The third-order valence-electron chi connectivity index (χ3n) is 1.97. The number of halogens is 1. The van der Waals surface area contributed by atoms with E-state index in [1.807, 2.05) is 12.3 Å². The molecule has 2 aromatic rings. The predicted molar refractivity (Wildman–Crippen MR) is 58.1 cm³/mol. The van der Waals surface area contributed by atoms with E-state index in [0.717, 1.165) is 28.7 Å². The molecule has 4 nitrogen and oxygen atoms in total. The van der Waals surface area contributed by atoms with Crippen molar-refractivity contribution in [3.8, 4) is 0 Å². The Morgan fingerprint density at radius 3 is 3.14 bits per heavy atom. The molecule has 2 aromatic heterocycles. The summed E-state index contributed by atoms with van der Waals surface area (Å²) in [6, 6.07) is 1.99. The zero-order chi connectivity index (χ0) is 9.97. The van der Waals surface area contributed by atoms with Gasteiger partial charge in [0.15, 0.2) is 5.65 Å². The van der Waals surface area contributed by atoms with Crippen molar-refractivity contribution in [2.24, 2.45) is 5.73 Å². The number of nitrogens with zero attached hydrogens (tertiary/aromatic N) is 3. The van der Waals surface area contributed by atoms with Crippen LogP contribution in [-0.4, -0.2) is 21.1 Å². The Kier molecular flexibility index (Phi) is 2.79. The van der Waals surface area contributed by atoms with Gasteiger partial charge in [0, 0.05) is 18.5 Å². The van der Waals surface area contributed by atoms with Gasteiger partial charge in [-0.15, -0.1) is 0 Å². The van der Waals surface area contributed by atoms with E-state index in [1.54, 1.807) is 10.7 Å². The van der Waals surface area contributed by atoms with Crippen LogP contribution in [0.2, 0.25) is 0 Å². The molecule has 0 saturated carbocycles. The Balaban J connectivity index is 2.32. The molecule has 5 heteroatoms. The zero-order valence-corrected chi connectivity index (χ0v) is 9.24. The average Bonchev–Trinajstić information content (AvgIpc) is 2.56. The summed E-state index contributed by atoms with van der Waals surface area (Å²) in [4.78, 5) is 4.23. The van der Waals surface area contributed by atoms with Gasteiger partial charge in [0.1, 0.15) is 0 Å². The number of hydrogen-bond donors (Lipinski definition) is 1. The summed E-state index contributed by atoms with van der Waals surface area (Å²) in [7, 11) is 0. The Morgan fingerprint density at radius 1 is 1.50 bits per heavy atom. The highest BCUT2D eigenvalue weighted by atomic mass is 79.9. The molecule has 0 fully saturated rings. The SMILES string of the molecule is NCCCc1cc2ncc(Br)cn2n1. The van der Waals surface area contributed by atoms with Crippen LogP contribution >= 0.6 is 15.9 Å². The highest BCUT2D eigenvalue weighted by Gasteiger charge is 2.01. The van der Waals surface area contributed by atoms with E-state index in [9.17, 15) is 0 Å². The number of rotatable bonds is 3. The van der Waals surface area contributed by atoms with Crippen LogP contribution in [0.1, 0.15) is 12.1 Å². The number of hydrogen-bond acceptors (Lipinski definition) is 3. The van der Waals surface area contributed by atoms with Gasteiger partial charge in [-0.3, -0.25) is 0 Å². The van der Waals surface area contributed by atoms with Crippen molar-refractivity contribution in [2.75, 3.05) is 6.54 Å². The van der Waals surface area contributed by atoms with Crippen LogP contribution in [0.4, 0.5) is 0 Å². The fourth-order valence-electron chi connectivity index (χ4n) is 1.31. The molecule has 0 aliphatic heterocycles. The number of aryl methyl sites for hydroxylation is 1. The quantitative estimate of drug-likeness (QED) is 0.901. The van der Waals surface area contributed by atoms with E-state index >= 15 is 0 Å². The van der Waals surface area contributed by atoms with Crippen molar-refractivity contribution < 1.29 is 0 Å². The van der Waals surface area contributed by atoms with Crippen LogP contribution in [0.3, 0.4) is 0 Å². The maximum atomic E-state index is 5.44. The molecule has 0 saturated heterocycles. The van der Waals surface area contributed by atoms with Crippen LogP contribution in [0, 0.1) is 0 Å². The van der Waals surface area contributed by atoms with Gasteiger partial charge in [0.05, 0.1) is 10.2 Å². The second-order valence-electron chi connectivity index (χ2n) is 3.10. The molecule has 0 atom stereocenters. The zero-order valence-electron chi connectivity index (χ0n) is 7.65. The number of aromatic nitrogens is 3. The van der Waals surface area contributed by atoms with E-state index in [-0.39, 0.29) is 0 Å². The second-order valence-corrected chi connectivity index (χ2v) is 4.02. The molecule has 0 bridgehead atoms. The van der Waals surface area contributed by atoms with Crippen LogP contribution < -0.4 is 5.73 Å². The third kappa shape index (κ3) is 1.93. The third-order valence-corrected chi connectivity index (χ3v) is 2.38. The lowest BCUT2D eigenvalue weighted by Crippen LogP contribution is -2.00.